The summed E-state index contributed by atoms with van der Waals surface area (Å²) in [6.45, 7) is 5.23. The van der Waals surface area contributed by atoms with Crippen molar-refractivity contribution in [2.75, 3.05) is 17.4 Å². The van der Waals surface area contributed by atoms with Crippen LogP contribution in [0, 0.1) is 0 Å². The third-order valence-corrected chi connectivity index (χ3v) is 8.49. The first-order valence-corrected chi connectivity index (χ1v) is 14.5. The van der Waals surface area contributed by atoms with Crippen molar-refractivity contribution < 1.29 is 18.0 Å². The number of aryl methyl sites for hydroxylation is 1. The summed E-state index contributed by atoms with van der Waals surface area (Å²) in [7, 11) is -4.10. The van der Waals surface area contributed by atoms with Gasteiger partial charge in [0.2, 0.25) is 11.8 Å². The minimum absolute atomic E-state index is 0.0128. The fourth-order valence-electron chi connectivity index (χ4n) is 3.88. The molecule has 3 rings (SSSR count). The van der Waals surface area contributed by atoms with Crippen LogP contribution in [0.3, 0.4) is 0 Å². The molecule has 2 amide bonds. The average molecular weight is 577 g/mol. The maximum Gasteiger partial charge on any atom is 0.264 e. The third kappa shape index (κ3) is 7.07. The van der Waals surface area contributed by atoms with Crippen LogP contribution in [0.5, 0.6) is 0 Å². The van der Waals surface area contributed by atoms with Crippen LogP contribution in [-0.4, -0.2) is 44.3 Å². The molecule has 0 aromatic heterocycles. The first-order chi connectivity index (χ1) is 18.1. The molecule has 0 heterocycles. The van der Waals surface area contributed by atoms with Crippen LogP contribution in [-0.2, 0) is 32.6 Å². The summed E-state index contributed by atoms with van der Waals surface area (Å²) in [5, 5.41) is 3.49. The molecule has 0 aliphatic carbocycles. The van der Waals surface area contributed by atoms with Crippen LogP contribution in [0.1, 0.15) is 31.9 Å². The summed E-state index contributed by atoms with van der Waals surface area (Å²) in [5.74, 6) is -0.926. The Morgan fingerprint density at radius 3 is 2.18 bits per heavy atom. The Morgan fingerprint density at radius 1 is 0.947 bits per heavy atom. The van der Waals surface area contributed by atoms with Gasteiger partial charge in [0.1, 0.15) is 12.6 Å². The van der Waals surface area contributed by atoms with Crippen molar-refractivity contribution >= 4 is 50.7 Å². The lowest BCUT2D eigenvalue weighted by Crippen LogP contribution is -2.51. The topological polar surface area (TPSA) is 86.8 Å². The first kappa shape index (κ1) is 29.5. The van der Waals surface area contributed by atoms with Gasteiger partial charge in [0, 0.05) is 23.1 Å². The van der Waals surface area contributed by atoms with Gasteiger partial charge in [0.05, 0.1) is 10.6 Å². The number of hydrogen-bond acceptors (Lipinski definition) is 4. The van der Waals surface area contributed by atoms with Gasteiger partial charge in [-0.1, -0.05) is 66.5 Å². The molecule has 0 aliphatic heterocycles. The molecule has 0 spiro atoms. The Labute approximate surface area is 234 Å². The summed E-state index contributed by atoms with van der Waals surface area (Å²) in [5.41, 5.74) is 1.95. The Morgan fingerprint density at radius 2 is 1.61 bits per heavy atom. The zero-order valence-corrected chi connectivity index (χ0v) is 23.9. The number of nitrogens with one attached hydrogen (secondary N) is 1. The van der Waals surface area contributed by atoms with E-state index in [1.54, 1.807) is 62.4 Å². The van der Waals surface area contributed by atoms with Crippen molar-refractivity contribution in [1.29, 1.82) is 0 Å². The standard InChI is InChI=1S/C28H31Cl2N3O4S/c1-4-21-11-15-24(16-12-21)33(38(36,37)25-9-7-6-8-10-25)19-27(34)32(20(3)28(35)31-5-2)18-22-13-14-23(29)17-26(22)30/h6-17,20H,4-5,18-19H2,1-3H3,(H,31,35). The minimum Gasteiger partial charge on any atom is -0.355 e. The van der Waals surface area contributed by atoms with Crippen molar-refractivity contribution in [3.63, 3.8) is 0 Å². The Balaban J connectivity index is 2.04. The van der Waals surface area contributed by atoms with Gasteiger partial charge >= 0.3 is 0 Å². The molecular formula is C28H31Cl2N3O4S. The normalized spacial score (nSPS) is 12.0. The highest BCUT2D eigenvalue weighted by Gasteiger charge is 2.32. The maximum absolute atomic E-state index is 13.8. The van der Waals surface area contributed by atoms with Crippen LogP contribution >= 0.6 is 23.2 Å². The highest BCUT2D eigenvalue weighted by molar-refractivity contribution is 7.92. The molecule has 10 heteroatoms. The second-order valence-corrected chi connectivity index (χ2v) is 11.4. The molecule has 0 saturated heterocycles. The van der Waals surface area contributed by atoms with E-state index in [1.165, 1.54) is 17.0 Å². The molecular weight excluding hydrogens is 545 g/mol. The van der Waals surface area contributed by atoms with Crippen molar-refractivity contribution in [3.05, 3.63) is 94.0 Å². The Hall–Kier alpha value is -3.07. The number of anilines is 1. The molecule has 0 aliphatic rings. The zero-order valence-electron chi connectivity index (χ0n) is 21.5. The predicted octanol–water partition coefficient (Wildman–Crippen LogP) is 5.30. The molecule has 202 valence electrons. The minimum atomic E-state index is -4.10. The molecule has 1 N–H and O–H groups in total. The number of sulfonamides is 1. The van der Waals surface area contributed by atoms with Gasteiger partial charge in [-0.25, -0.2) is 8.42 Å². The van der Waals surface area contributed by atoms with Crippen LogP contribution in [0.4, 0.5) is 5.69 Å². The van der Waals surface area contributed by atoms with Gasteiger partial charge < -0.3 is 10.2 Å². The second-order valence-electron chi connectivity index (χ2n) is 8.67. The number of carbonyl (C=O) groups is 2. The van der Waals surface area contributed by atoms with Crippen molar-refractivity contribution in [2.45, 2.75) is 44.7 Å². The van der Waals surface area contributed by atoms with E-state index >= 15 is 0 Å². The third-order valence-electron chi connectivity index (χ3n) is 6.12. The zero-order chi connectivity index (χ0) is 27.9. The lowest BCUT2D eigenvalue weighted by atomic mass is 10.1. The molecule has 1 atom stereocenters. The molecule has 7 nitrogen and oxygen atoms in total. The van der Waals surface area contributed by atoms with E-state index in [0.717, 1.165) is 16.3 Å². The smallest absolute Gasteiger partial charge is 0.264 e. The SMILES string of the molecule is CCNC(=O)C(C)N(Cc1ccc(Cl)cc1Cl)C(=O)CN(c1ccc(CC)cc1)S(=O)(=O)c1ccccc1. The molecule has 3 aromatic carbocycles. The van der Waals surface area contributed by atoms with E-state index in [0.29, 0.717) is 27.8 Å². The Kier molecular flexibility index (Phi) is 10.2. The fraction of sp³-hybridized carbons (Fsp3) is 0.286. The van der Waals surface area contributed by atoms with Crippen molar-refractivity contribution in [2.24, 2.45) is 0 Å². The molecule has 1 unspecified atom stereocenters. The van der Waals surface area contributed by atoms with Gasteiger partial charge in [-0.3, -0.25) is 13.9 Å². The second kappa shape index (κ2) is 13.1. The summed E-state index contributed by atoms with van der Waals surface area (Å²) < 4.78 is 28.6. The number of nitrogens with zero attached hydrogens (tertiary/aromatic N) is 2. The Bertz CT molecular complexity index is 1370. The first-order valence-electron chi connectivity index (χ1n) is 12.3. The number of benzene rings is 3. The van der Waals surface area contributed by atoms with Crippen LogP contribution < -0.4 is 9.62 Å². The number of likely N-dealkylation sites (N-methyl/N-ethyl adjacent to an activating group) is 1. The van der Waals surface area contributed by atoms with Gasteiger partial charge in [-0.15, -0.1) is 0 Å². The number of carbonyl (C=O) groups excluding carboxylic acids is 2. The quantitative estimate of drug-likeness (QED) is 0.336. The summed E-state index contributed by atoms with van der Waals surface area (Å²) >= 11 is 12.4. The predicted molar refractivity (Wildman–Crippen MR) is 152 cm³/mol. The van der Waals surface area contributed by atoms with Crippen LogP contribution in [0.2, 0.25) is 10.0 Å². The van der Waals surface area contributed by atoms with Gasteiger partial charge in [0.25, 0.3) is 10.0 Å². The number of amides is 2. The lowest BCUT2D eigenvalue weighted by molar-refractivity contribution is -0.139. The molecule has 0 saturated carbocycles. The van der Waals surface area contributed by atoms with E-state index < -0.39 is 28.5 Å². The van der Waals surface area contributed by atoms with Crippen LogP contribution in [0.25, 0.3) is 0 Å². The number of hydrogen-bond donors (Lipinski definition) is 1. The molecule has 0 radical (unpaired) electrons. The van der Waals surface area contributed by atoms with E-state index in [-0.39, 0.29) is 17.3 Å². The summed E-state index contributed by atoms with van der Waals surface area (Å²) in [6, 6.07) is 18.9. The molecule has 0 fully saturated rings. The van der Waals surface area contributed by atoms with Crippen molar-refractivity contribution in [1.82, 2.24) is 10.2 Å². The van der Waals surface area contributed by atoms with Gasteiger partial charge in [-0.05, 0) is 67.8 Å². The summed E-state index contributed by atoms with van der Waals surface area (Å²) in [4.78, 5) is 28.0. The fourth-order valence-corrected chi connectivity index (χ4v) is 5.79. The monoisotopic (exact) mass is 575 g/mol. The largest absolute Gasteiger partial charge is 0.355 e. The lowest BCUT2D eigenvalue weighted by Gasteiger charge is -2.32. The van der Waals surface area contributed by atoms with Crippen LogP contribution in [0.15, 0.2) is 77.7 Å². The van der Waals surface area contributed by atoms with Gasteiger partial charge in [0.15, 0.2) is 0 Å². The van der Waals surface area contributed by atoms with E-state index in [1.807, 2.05) is 19.1 Å². The summed E-state index contributed by atoms with van der Waals surface area (Å²) in [6.07, 6.45) is 0.782. The molecule has 38 heavy (non-hydrogen) atoms. The van der Waals surface area contributed by atoms with E-state index in [9.17, 15) is 18.0 Å². The van der Waals surface area contributed by atoms with E-state index in [2.05, 4.69) is 5.32 Å². The van der Waals surface area contributed by atoms with Crippen molar-refractivity contribution in [3.8, 4) is 0 Å². The van der Waals surface area contributed by atoms with Gasteiger partial charge in [-0.2, -0.15) is 0 Å². The maximum atomic E-state index is 13.8. The highest BCUT2D eigenvalue weighted by Crippen LogP contribution is 2.26. The average Bonchev–Trinajstić information content (AvgIpc) is 2.91. The molecule has 0 bridgehead atoms. The molecule has 3 aromatic rings. The highest BCUT2D eigenvalue weighted by atomic mass is 35.5. The number of rotatable bonds is 11. The van der Waals surface area contributed by atoms with E-state index in [4.69, 9.17) is 23.2 Å². The number of halogens is 2.